The summed E-state index contributed by atoms with van der Waals surface area (Å²) in [5.41, 5.74) is -1.53. The Morgan fingerprint density at radius 1 is 1.29 bits per heavy atom. The number of rotatable bonds is 2. The third-order valence-electron chi connectivity index (χ3n) is 2.37. The zero-order valence-corrected chi connectivity index (χ0v) is 12.4. The molecule has 1 amide bonds. The maximum atomic E-state index is 12.9. The van der Waals surface area contributed by atoms with E-state index >= 15 is 0 Å². The predicted molar refractivity (Wildman–Crippen MR) is 74.1 cm³/mol. The van der Waals surface area contributed by atoms with Gasteiger partial charge < -0.3 is 5.32 Å². The first kappa shape index (κ1) is 15.7. The smallest absolute Gasteiger partial charge is 0.320 e. The fraction of sp³-hybridized carbons (Fsp3) is 0.0833. The van der Waals surface area contributed by atoms with Gasteiger partial charge in [0.05, 0.1) is 23.6 Å². The van der Waals surface area contributed by atoms with Gasteiger partial charge in [0.15, 0.2) is 0 Å². The molecule has 1 aromatic heterocycles. The van der Waals surface area contributed by atoms with Crippen molar-refractivity contribution in [2.75, 3.05) is 5.32 Å². The molecule has 0 spiro atoms. The lowest BCUT2D eigenvalue weighted by Crippen LogP contribution is -2.18. The normalized spacial score (nSPS) is 11.3. The minimum Gasteiger partial charge on any atom is -0.320 e. The van der Waals surface area contributed by atoms with Crippen LogP contribution in [0.5, 0.6) is 0 Å². The molecule has 0 saturated heterocycles. The monoisotopic (exact) mass is 379 g/mol. The highest BCUT2D eigenvalue weighted by atomic mass is 79.9. The number of hydrogen-bond donors (Lipinski definition) is 1. The first-order chi connectivity index (χ1) is 9.77. The predicted octanol–water partition coefficient (Wildman–Crippen LogP) is 4.16. The molecular weight excluding hydrogens is 375 g/mol. The Morgan fingerprint density at radius 2 is 2.00 bits per heavy atom. The lowest BCUT2D eigenvalue weighted by Gasteiger charge is -2.14. The van der Waals surface area contributed by atoms with E-state index in [2.05, 4.69) is 31.2 Å². The molecule has 1 N–H and O–H groups in total. The molecule has 21 heavy (non-hydrogen) atoms. The molecule has 0 aliphatic carbocycles. The fourth-order valence-corrected chi connectivity index (χ4v) is 2.01. The van der Waals surface area contributed by atoms with Crippen molar-refractivity contribution >= 4 is 39.1 Å². The van der Waals surface area contributed by atoms with Gasteiger partial charge in [0.2, 0.25) is 0 Å². The molecule has 110 valence electrons. The van der Waals surface area contributed by atoms with Crippen LogP contribution in [0.3, 0.4) is 0 Å². The largest absolute Gasteiger partial charge is 0.418 e. The van der Waals surface area contributed by atoms with Crippen LogP contribution >= 0.6 is 27.5 Å². The third-order valence-corrected chi connectivity index (χ3v) is 3.05. The number of halogens is 5. The van der Waals surface area contributed by atoms with Crippen molar-refractivity contribution < 1.29 is 18.0 Å². The molecule has 1 aromatic carbocycles. The number of anilines is 1. The van der Waals surface area contributed by atoms with E-state index in [0.29, 0.717) is 0 Å². The Morgan fingerprint density at radius 3 is 2.62 bits per heavy atom. The van der Waals surface area contributed by atoms with Crippen molar-refractivity contribution in [3.05, 3.63) is 51.5 Å². The van der Waals surface area contributed by atoms with Gasteiger partial charge in [-0.1, -0.05) is 27.5 Å². The Hall–Kier alpha value is -1.67. The summed E-state index contributed by atoms with van der Waals surface area (Å²) in [5.74, 6) is -0.835. The first-order valence-electron chi connectivity index (χ1n) is 5.43. The van der Waals surface area contributed by atoms with Gasteiger partial charge in [-0.2, -0.15) is 13.2 Å². The van der Waals surface area contributed by atoms with Crippen molar-refractivity contribution in [1.82, 2.24) is 9.97 Å². The second-order valence-corrected chi connectivity index (χ2v) is 5.17. The molecule has 0 fully saturated rings. The number of hydrogen-bond acceptors (Lipinski definition) is 3. The van der Waals surface area contributed by atoms with Gasteiger partial charge in [-0.15, -0.1) is 0 Å². The standard InChI is InChI=1S/C12H6BrClF3N3O/c13-6-1-2-8(7(3-6)12(15,16)17)20-11(21)9-4-18-5-10(14)19-9/h1-5H,(H,20,21). The fourth-order valence-electron chi connectivity index (χ4n) is 1.50. The highest BCUT2D eigenvalue weighted by molar-refractivity contribution is 9.10. The summed E-state index contributed by atoms with van der Waals surface area (Å²) in [6, 6.07) is 3.40. The minimum atomic E-state index is -4.60. The van der Waals surface area contributed by atoms with Gasteiger partial charge >= 0.3 is 6.18 Å². The van der Waals surface area contributed by atoms with Gasteiger partial charge in [0, 0.05) is 4.47 Å². The number of carbonyl (C=O) groups excluding carboxylic acids is 1. The first-order valence-corrected chi connectivity index (χ1v) is 6.60. The molecule has 2 aromatic rings. The Bertz CT molecular complexity index is 694. The maximum absolute atomic E-state index is 12.9. The van der Waals surface area contributed by atoms with Gasteiger partial charge in [-0.3, -0.25) is 9.78 Å². The molecule has 0 atom stereocenters. The molecule has 0 bridgehead atoms. The molecule has 1 heterocycles. The van der Waals surface area contributed by atoms with Crippen LogP contribution in [0.2, 0.25) is 5.15 Å². The van der Waals surface area contributed by atoms with Gasteiger partial charge in [0.25, 0.3) is 5.91 Å². The molecule has 0 unspecified atom stereocenters. The van der Waals surface area contributed by atoms with E-state index in [1.165, 1.54) is 12.3 Å². The average Bonchev–Trinajstić information content (AvgIpc) is 2.39. The second kappa shape index (κ2) is 5.98. The zero-order valence-electron chi connectivity index (χ0n) is 10.1. The molecule has 0 aliphatic rings. The van der Waals surface area contributed by atoms with E-state index in [0.717, 1.165) is 18.3 Å². The van der Waals surface area contributed by atoms with Crippen LogP contribution < -0.4 is 5.32 Å². The Labute approximate surface area is 130 Å². The van der Waals surface area contributed by atoms with Gasteiger partial charge in [-0.05, 0) is 18.2 Å². The number of nitrogens with zero attached hydrogens (tertiary/aromatic N) is 2. The average molecular weight is 381 g/mol. The minimum absolute atomic E-state index is 0.0329. The molecule has 0 aliphatic heterocycles. The third kappa shape index (κ3) is 3.92. The van der Waals surface area contributed by atoms with E-state index in [4.69, 9.17) is 11.6 Å². The molecular formula is C12H6BrClF3N3O. The number of amides is 1. The summed E-state index contributed by atoms with van der Waals surface area (Å²) in [6.07, 6.45) is -2.29. The summed E-state index contributed by atoms with van der Waals surface area (Å²) in [5, 5.41) is 2.11. The summed E-state index contributed by atoms with van der Waals surface area (Å²) < 4.78 is 39.0. The topological polar surface area (TPSA) is 54.9 Å². The highest BCUT2D eigenvalue weighted by Gasteiger charge is 2.34. The summed E-state index contributed by atoms with van der Waals surface area (Å²) in [4.78, 5) is 19.2. The van der Waals surface area contributed by atoms with Crippen LogP contribution in [0.25, 0.3) is 0 Å². The number of alkyl halides is 3. The van der Waals surface area contributed by atoms with Gasteiger partial charge in [0.1, 0.15) is 10.8 Å². The maximum Gasteiger partial charge on any atom is 0.418 e. The highest BCUT2D eigenvalue weighted by Crippen LogP contribution is 2.36. The van der Waals surface area contributed by atoms with Crippen LogP contribution in [-0.4, -0.2) is 15.9 Å². The van der Waals surface area contributed by atoms with Gasteiger partial charge in [-0.25, -0.2) is 4.98 Å². The van der Waals surface area contributed by atoms with E-state index in [-0.39, 0.29) is 21.0 Å². The van der Waals surface area contributed by atoms with Crippen molar-refractivity contribution in [3.8, 4) is 0 Å². The van der Waals surface area contributed by atoms with E-state index in [1.54, 1.807) is 0 Å². The van der Waals surface area contributed by atoms with Crippen LogP contribution in [-0.2, 0) is 6.18 Å². The number of carbonyl (C=O) groups is 1. The Kier molecular flexibility index (Phi) is 4.48. The number of aromatic nitrogens is 2. The molecule has 4 nitrogen and oxygen atoms in total. The lowest BCUT2D eigenvalue weighted by molar-refractivity contribution is -0.136. The Balaban J connectivity index is 2.34. The van der Waals surface area contributed by atoms with Crippen LogP contribution in [0.15, 0.2) is 35.1 Å². The summed E-state index contributed by atoms with van der Waals surface area (Å²) >= 11 is 8.53. The lowest BCUT2D eigenvalue weighted by atomic mass is 10.1. The van der Waals surface area contributed by atoms with Crippen molar-refractivity contribution in [1.29, 1.82) is 0 Å². The van der Waals surface area contributed by atoms with Crippen LogP contribution in [0.1, 0.15) is 16.1 Å². The van der Waals surface area contributed by atoms with E-state index in [9.17, 15) is 18.0 Å². The second-order valence-electron chi connectivity index (χ2n) is 3.87. The summed E-state index contributed by atoms with van der Waals surface area (Å²) in [7, 11) is 0. The van der Waals surface area contributed by atoms with E-state index < -0.39 is 17.6 Å². The number of benzene rings is 1. The van der Waals surface area contributed by atoms with Crippen molar-refractivity contribution in [2.45, 2.75) is 6.18 Å². The quantitative estimate of drug-likeness (QED) is 0.851. The van der Waals surface area contributed by atoms with Crippen molar-refractivity contribution in [3.63, 3.8) is 0 Å². The molecule has 0 saturated carbocycles. The zero-order chi connectivity index (χ0) is 15.6. The van der Waals surface area contributed by atoms with E-state index in [1.807, 2.05) is 0 Å². The van der Waals surface area contributed by atoms with Crippen molar-refractivity contribution in [2.24, 2.45) is 0 Å². The SMILES string of the molecule is O=C(Nc1ccc(Br)cc1C(F)(F)F)c1cncc(Cl)n1. The molecule has 2 rings (SSSR count). The van der Waals surface area contributed by atoms with Crippen LogP contribution in [0.4, 0.5) is 18.9 Å². The number of nitrogens with one attached hydrogen (secondary N) is 1. The molecule has 0 radical (unpaired) electrons. The summed E-state index contributed by atoms with van der Waals surface area (Å²) in [6.45, 7) is 0. The molecule has 9 heteroatoms. The van der Waals surface area contributed by atoms with Crippen LogP contribution in [0, 0.1) is 0 Å².